The molecule has 0 saturated heterocycles. The lowest BCUT2D eigenvalue weighted by Crippen LogP contribution is -2.56. The van der Waals surface area contributed by atoms with Crippen LogP contribution in [0.25, 0.3) is 0 Å². The summed E-state index contributed by atoms with van der Waals surface area (Å²) in [6.07, 6.45) is -1.00. The lowest BCUT2D eigenvalue weighted by molar-refractivity contribution is -0.138. The Balaban J connectivity index is 2.98. The van der Waals surface area contributed by atoms with Gasteiger partial charge in [-0.3, -0.25) is 28.8 Å². The molecule has 34 heavy (non-hydrogen) atoms. The minimum absolute atomic E-state index is 0.00968. The van der Waals surface area contributed by atoms with E-state index in [1.807, 2.05) is 0 Å². The van der Waals surface area contributed by atoms with Crippen LogP contribution in [0.2, 0.25) is 0 Å². The summed E-state index contributed by atoms with van der Waals surface area (Å²) in [7, 11) is 0. The Morgan fingerprint density at radius 1 is 0.794 bits per heavy atom. The maximum atomic E-state index is 12.9. The number of rotatable bonds is 15. The Kier molecular flexibility index (Phi) is 11.7. The molecular weight excluding hydrogens is 450 g/mol. The van der Waals surface area contributed by atoms with E-state index >= 15 is 0 Å². The summed E-state index contributed by atoms with van der Waals surface area (Å²) >= 11 is 0. The zero-order chi connectivity index (χ0) is 25.7. The van der Waals surface area contributed by atoms with Crippen LogP contribution >= 0.6 is 0 Å². The summed E-state index contributed by atoms with van der Waals surface area (Å²) in [6, 6.07) is 4.85. The van der Waals surface area contributed by atoms with Gasteiger partial charge < -0.3 is 37.6 Å². The lowest BCUT2D eigenvalue weighted by atomic mass is 10.0. The summed E-state index contributed by atoms with van der Waals surface area (Å²) in [6.45, 7) is -0.673. The zero-order valence-electron chi connectivity index (χ0n) is 18.4. The fraction of sp³-hybridized carbons (Fsp3) is 0.429. The first kappa shape index (κ1) is 28.0. The maximum absolute atomic E-state index is 12.9. The standard InChI is InChI=1S/C21H29N5O8/c22-13(6-8-16(23)27)19(32)25-14(7-9-17(28)29)21(34)26-15(20(33)24-11-18(30)31)10-12-4-2-1-3-5-12/h1-5,13-15H,6-11,22H2,(H2,23,27)(H,24,33)(H,25,32)(H,26,34)(H,28,29)(H,30,31). The van der Waals surface area contributed by atoms with E-state index in [-0.39, 0.29) is 25.7 Å². The molecule has 1 aromatic rings. The van der Waals surface area contributed by atoms with Gasteiger partial charge in [-0.15, -0.1) is 0 Å². The van der Waals surface area contributed by atoms with Crippen LogP contribution in [0.15, 0.2) is 30.3 Å². The van der Waals surface area contributed by atoms with Crippen LogP contribution in [0, 0.1) is 0 Å². The van der Waals surface area contributed by atoms with E-state index in [1.54, 1.807) is 30.3 Å². The minimum atomic E-state index is -1.35. The van der Waals surface area contributed by atoms with Gasteiger partial charge in [-0.1, -0.05) is 30.3 Å². The minimum Gasteiger partial charge on any atom is -0.481 e. The van der Waals surface area contributed by atoms with E-state index < -0.39 is 66.7 Å². The van der Waals surface area contributed by atoms with E-state index in [4.69, 9.17) is 21.7 Å². The second kappa shape index (κ2) is 14.2. The number of amides is 4. The van der Waals surface area contributed by atoms with Crippen molar-refractivity contribution in [1.29, 1.82) is 0 Å². The predicted molar refractivity (Wildman–Crippen MR) is 118 cm³/mol. The number of hydrogen-bond donors (Lipinski definition) is 7. The van der Waals surface area contributed by atoms with Crippen molar-refractivity contribution in [2.24, 2.45) is 11.5 Å². The monoisotopic (exact) mass is 479 g/mol. The van der Waals surface area contributed by atoms with Crippen LogP contribution in [0.4, 0.5) is 0 Å². The van der Waals surface area contributed by atoms with Gasteiger partial charge in [0.1, 0.15) is 18.6 Å². The van der Waals surface area contributed by atoms with Gasteiger partial charge in [-0.25, -0.2) is 0 Å². The molecule has 13 heteroatoms. The first-order valence-electron chi connectivity index (χ1n) is 10.4. The molecule has 13 nitrogen and oxygen atoms in total. The largest absolute Gasteiger partial charge is 0.481 e. The maximum Gasteiger partial charge on any atom is 0.322 e. The van der Waals surface area contributed by atoms with Crippen LogP contribution in [-0.2, 0) is 35.2 Å². The predicted octanol–water partition coefficient (Wildman–Crippen LogP) is -2.14. The number of carbonyl (C=O) groups is 6. The third-order valence-corrected chi connectivity index (χ3v) is 4.65. The third kappa shape index (κ3) is 11.0. The number of primary amides is 1. The number of carbonyl (C=O) groups excluding carboxylic acids is 4. The second-order valence-electron chi connectivity index (χ2n) is 7.47. The van der Waals surface area contributed by atoms with Crippen molar-refractivity contribution in [2.45, 2.75) is 50.2 Å². The summed E-state index contributed by atoms with van der Waals surface area (Å²) in [5, 5.41) is 24.8. The fourth-order valence-corrected chi connectivity index (χ4v) is 2.86. The normalized spacial score (nSPS) is 13.1. The van der Waals surface area contributed by atoms with Crippen molar-refractivity contribution in [3.63, 3.8) is 0 Å². The number of nitrogens with two attached hydrogens (primary N) is 2. The number of carboxylic acid groups (broad SMARTS) is 2. The number of carboxylic acids is 2. The Morgan fingerprint density at radius 2 is 1.41 bits per heavy atom. The molecule has 0 aliphatic rings. The zero-order valence-corrected chi connectivity index (χ0v) is 18.4. The number of nitrogens with one attached hydrogen (secondary N) is 3. The Hall–Kier alpha value is -4.00. The van der Waals surface area contributed by atoms with Gasteiger partial charge in [0.15, 0.2) is 0 Å². The molecule has 3 unspecified atom stereocenters. The average Bonchev–Trinajstić information content (AvgIpc) is 2.78. The van der Waals surface area contributed by atoms with Gasteiger partial charge in [0.2, 0.25) is 23.6 Å². The molecular formula is C21H29N5O8. The molecule has 186 valence electrons. The quantitative estimate of drug-likeness (QED) is 0.145. The molecule has 3 atom stereocenters. The summed E-state index contributed by atoms with van der Waals surface area (Å²) in [5.74, 6) is -5.61. The van der Waals surface area contributed by atoms with Crippen molar-refractivity contribution in [1.82, 2.24) is 16.0 Å². The fourth-order valence-electron chi connectivity index (χ4n) is 2.86. The average molecular weight is 479 g/mol. The first-order valence-corrected chi connectivity index (χ1v) is 10.4. The van der Waals surface area contributed by atoms with Crippen LogP contribution in [0.1, 0.15) is 31.2 Å². The molecule has 1 aromatic carbocycles. The topological polar surface area (TPSA) is 231 Å². The van der Waals surface area contributed by atoms with E-state index in [9.17, 15) is 28.8 Å². The van der Waals surface area contributed by atoms with Crippen molar-refractivity contribution < 1.29 is 39.0 Å². The van der Waals surface area contributed by atoms with Gasteiger partial charge in [-0.05, 0) is 18.4 Å². The Morgan fingerprint density at radius 3 is 1.97 bits per heavy atom. The van der Waals surface area contributed by atoms with Crippen LogP contribution < -0.4 is 27.4 Å². The molecule has 0 radical (unpaired) electrons. The van der Waals surface area contributed by atoms with E-state index in [0.29, 0.717) is 5.56 Å². The SMILES string of the molecule is NC(=O)CCC(N)C(=O)NC(CCC(=O)O)C(=O)NC(Cc1ccccc1)C(=O)NCC(=O)O. The van der Waals surface area contributed by atoms with Crippen LogP contribution in [0.3, 0.4) is 0 Å². The van der Waals surface area contributed by atoms with E-state index in [1.165, 1.54) is 0 Å². The van der Waals surface area contributed by atoms with Gasteiger partial charge in [0, 0.05) is 19.3 Å². The van der Waals surface area contributed by atoms with E-state index in [2.05, 4.69) is 16.0 Å². The number of hydrogen-bond acceptors (Lipinski definition) is 7. The molecule has 0 aliphatic heterocycles. The van der Waals surface area contributed by atoms with Gasteiger partial charge in [-0.2, -0.15) is 0 Å². The number of benzene rings is 1. The number of aliphatic carboxylic acids is 2. The van der Waals surface area contributed by atoms with E-state index in [0.717, 1.165) is 0 Å². The molecule has 0 saturated carbocycles. The summed E-state index contributed by atoms with van der Waals surface area (Å²) < 4.78 is 0. The van der Waals surface area contributed by atoms with Crippen molar-refractivity contribution in [3.8, 4) is 0 Å². The van der Waals surface area contributed by atoms with Gasteiger partial charge in [0.05, 0.1) is 6.04 Å². The van der Waals surface area contributed by atoms with Crippen molar-refractivity contribution >= 4 is 35.6 Å². The highest BCUT2D eigenvalue weighted by atomic mass is 16.4. The van der Waals surface area contributed by atoms with Crippen molar-refractivity contribution in [3.05, 3.63) is 35.9 Å². The Bertz CT molecular complexity index is 892. The molecule has 1 rings (SSSR count). The second-order valence-corrected chi connectivity index (χ2v) is 7.47. The Labute approximate surface area is 195 Å². The summed E-state index contributed by atoms with van der Waals surface area (Å²) in [5.41, 5.74) is 11.4. The lowest BCUT2D eigenvalue weighted by Gasteiger charge is -2.24. The molecule has 0 spiro atoms. The van der Waals surface area contributed by atoms with Crippen LogP contribution in [0.5, 0.6) is 0 Å². The molecule has 0 aliphatic carbocycles. The highest BCUT2D eigenvalue weighted by Gasteiger charge is 2.29. The molecule has 0 bridgehead atoms. The highest BCUT2D eigenvalue weighted by molar-refractivity contribution is 5.94. The van der Waals surface area contributed by atoms with Gasteiger partial charge >= 0.3 is 11.9 Å². The smallest absolute Gasteiger partial charge is 0.322 e. The highest BCUT2D eigenvalue weighted by Crippen LogP contribution is 2.06. The first-order chi connectivity index (χ1) is 16.0. The molecule has 0 fully saturated rings. The summed E-state index contributed by atoms with van der Waals surface area (Å²) in [4.78, 5) is 70.5. The molecule has 0 aromatic heterocycles. The van der Waals surface area contributed by atoms with Gasteiger partial charge in [0.25, 0.3) is 0 Å². The molecule has 9 N–H and O–H groups in total. The molecule has 0 heterocycles. The third-order valence-electron chi connectivity index (χ3n) is 4.65. The van der Waals surface area contributed by atoms with Crippen LogP contribution in [-0.4, -0.2) is 70.5 Å². The van der Waals surface area contributed by atoms with Crippen molar-refractivity contribution in [2.75, 3.05) is 6.54 Å². The molecule has 4 amide bonds.